The summed E-state index contributed by atoms with van der Waals surface area (Å²) in [4.78, 5) is 0.130. The number of nitrogens with zero attached hydrogens (tertiary/aromatic N) is 1. The Balaban J connectivity index is 1.97. The molecule has 1 aliphatic carbocycles. The highest BCUT2D eigenvalue weighted by atomic mass is 79.9. The fourth-order valence-corrected chi connectivity index (χ4v) is 4.80. The van der Waals surface area contributed by atoms with Crippen molar-refractivity contribution in [2.24, 2.45) is 0 Å². The first-order valence-electron chi connectivity index (χ1n) is 6.48. The maximum Gasteiger partial charge on any atom is 0.245 e. The second-order valence-corrected chi connectivity index (χ2v) is 8.12. The molecule has 0 atom stereocenters. The van der Waals surface area contributed by atoms with E-state index >= 15 is 0 Å². The topological polar surface area (TPSA) is 50.5 Å². The van der Waals surface area contributed by atoms with Crippen LogP contribution in [0.3, 0.4) is 0 Å². The van der Waals surface area contributed by atoms with Crippen LogP contribution in [-0.2, 0) is 16.6 Å². The van der Waals surface area contributed by atoms with Gasteiger partial charge in [0.25, 0.3) is 0 Å². The molecule has 7 heteroatoms. The summed E-state index contributed by atoms with van der Waals surface area (Å²) < 4.78 is 33.2. The SMILES string of the molecule is O=S(=O)(c1ccc(Br)cc1Cl)N(Cc1ccco1)C1CC1. The van der Waals surface area contributed by atoms with E-state index in [1.807, 2.05) is 0 Å². The molecule has 112 valence electrons. The molecule has 3 rings (SSSR count). The molecule has 1 aromatic carbocycles. The van der Waals surface area contributed by atoms with Crippen molar-refractivity contribution < 1.29 is 12.8 Å². The Morgan fingerprint density at radius 3 is 2.67 bits per heavy atom. The third kappa shape index (κ3) is 3.18. The van der Waals surface area contributed by atoms with Crippen LogP contribution >= 0.6 is 27.5 Å². The molecule has 1 saturated carbocycles. The number of halogens is 2. The maximum atomic E-state index is 12.9. The van der Waals surface area contributed by atoms with Gasteiger partial charge in [0.2, 0.25) is 10.0 Å². The van der Waals surface area contributed by atoms with Crippen LogP contribution in [0.2, 0.25) is 5.02 Å². The quantitative estimate of drug-likeness (QED) is 0.774. The second-order valence-electron chi connectivity index (χ2n) is 4.94. The normalized spacial score (nSPS) is 15.6. The van der Waals surface area contributed by atoms with Gasteiger partial charge in [0, 0.05) is 10.5 Å². The number of hydrogen-bond acceptors (Lipinski definition) is 3. The van der Waals surface area contributed by atoms with Crippen molar-refractivity contribution in [1.82, 2.24) is 4.31 Å². The molecule has 1 aromatic heterocycles. The summed E-state index contributed by atoms with van der Waals surface area (Å²) in [7, 11) is -3.64. The molecule has 0 unspecified atom stereocenters. The Labute approximate surface area is 136 Å². The van der Waals surface area contributed by atoms with Gasteiger partial charge in [-0.15, -0.1) is 0 Å². The lowest BCUT2D eigenvalue weighted by atomic mass is 10.4. The predicted octanol–water partition coefficient (Wildman–Crippen LogP) is 4.05. The van der Waals surface area contributed by atoms with Gasteiger partial charge >= 0.3 is 0 Å². The molecule has 0 saturated heterocycles. The summed E-state index contributed by atoms with van der Waals surface area (Å²) in [6.45, 7) is 0.229. The van der Waals surface area contributed by atoms with E-state index in [0.29, 0.717) is 5.76 Å². The van der Waals surface area contributed by atoms with Crippen LogP contribution in [-0.4, -0.2) is 18.8 Å². The van der Waals surface area contributed by atoms with Crippen molar-refractivity contribution in [3.8, 4) is 0 Å². The molecule has 1 heterocycles. The lowest BCUT2D eigenvalue weighted by Gasteiger charge is -2.21. The lowest BCUT2D eigenvalue weighted by Crippen LogP contribution is -2.32. The molecule has 4 nitrogen and oxygen atoms in total. The van der Waals surface area contributed by atoms with Gasteiger partial charge in [0.15, 0.2) is 0 Å². The molecule has 0 spiro atoms. The lowest BCUT2D eigenvalue weighted by molar-refractivity contribution is 0.356. The van der Waals surface area contributed by atoms with E-state index in [0.717, 1.165) is 17.3 Å². The number of sulfonamides is 1. The monoisotopic (exact) mass is 389 g/mol. The van der Waals surface area contributed by atoms with E-state index in [4.69, 9.17) is 16.0 Å². The molecule has 0 radical (unpaired) electrons. The minimum absolute atomic E-state index is 0.0276. The fourth-order valence-electron chi connectivity index (χ4n) is 2.14. The Morgan fingerprint density at radius 1 is 1.33 bits per heavy atom. The summed E-state index contributed by atoms with van der Waals surface area (Å²) in [5.74, 6) is 0.624. The molecule has 0 N–H and O–H groups in total. The Bertz CT molecular complexity index is 742. The highest BCUT2D eigenvalue weighted by Gasteiger charge is 2.39. The van der Waals surface area contributed by atoms with Gasteiger partial charge in [-0.05, 0) is 43.2 Å². The molecule has 1 aliphatic rings. The Morgan fingerprint density at radius 2 is 2.10 bits per heavy atom. The molecular formula is C14H13BrClNO3S. The van der Waals surface area contributed by atoms with Gasteiger partial charge in [-0.3, -0.25) is 0 Å². The van der Waals surface area contributed by atoms with E-state index in [1.165, 1.54) is 10.4 Å². The van der Waals surface area contributed by atoms with Crippen LogP contribution in [0.5, 0.6) is 0 Å². The minimum Gasteiger partial charge on any atom is -0.468 e. The van der Waals surface area contributed by atoms with Crippen molar-refractivity contribution in [3.05, 3.63) is 51.9 Å². The van der Waals surface area contributed by atoms with Gasteiger partial charge in [0.1, 0.15) is 10.7 Å². The fraction of sp³-hybridized carbons (Fsp3) is 0.286. The van der Waals surface area contributed by atoms with E-state index in [-0.39, 0.29) is 22.5 Å². The first-order chi connectivity index (χ1) is 9.98. The van der Waals surface area contributed by atoms with Crippen LogP contribution in [0.25, 0.3) is 0 Å². The number of furan rings is 1. The zero-order valence-corrected chi connectivity index (χ0v) is 14.2. The summed E-state index contributed by atoms with van der Waals surface area (Å²) in [6.07, 6.45) is 3.28. The average molecular weight is 391 g/mol. The van der Waals surface area contributed by atoms with Gasteiger partial charge in [-0.2, -0.15) is 4.31 Å². The van der Waals surface area contributed by atoms with Crippen LogP contribution < -0.4 is 0 Å². The first kappa shape index (κ1) is 15.1. The largest absolute Gasteiger partial charge is 0.468 e. The van der Waals surface area contributed by atoms with E-state index in [1.54, 1.807) is 30.5 Å². The maximum absolute atomic E-state index is 12.9. The van der Waals surface area contributed by atoms with E-state index in [9.17, 15) is 8.42 Å². The van der Waals surface area contributed by atoms with Crippen molar-refractivity contribution >= 4 is 37.6 Å². The molecule has 0 bridgehead atoms. The molecule has 21 heavy (non-hydrogen) atoms. The van der Waals surface area contributed by atoms with Crippen LogP contribution in [0.1, 0.15) is 18.6 Å². The molecule has 0 aliphatic heterocycles. The molecule has 2 aromatic rings. The van der Waals surface area contributed by atoms with Gasteiger partial charge in [-0.25, -0.2) is 8.42 Å². The van der Waals surface area contributed by atoms with Crippen molar-refractivity contribution in [3.63, 3.8) is 0 Å². The summed E-state index contributed by atoms with van der Waals surface area (Å²) >= 11 is 9.39. The molecule has 1 fully saturated rings. The van der Waals surface area contributed by atoms with Crippen molar-refractivity contribution in [2.45, 2.75) is 30.3 Å². The van der Waals surface area contributed by atoms with Crippen LogP contribution in [0, 0.1) is 0 Å². The standard InChI is InChI=1S/C14H13BrClNO3S/c15-10-3-6-14(13(16)8-10)21(18,19)17(11-4-5-11)9-12-2-1-7-20-12/h1-3,6-8,11H,4-5,9H2. The van der Waals surface area contributed by atoms with Crippen molar-refractivity contribution in [2.75, 3.05) is 0 Å². The van der Waals surface area contributed by atoms with Crippen LogP contribution in [0.4, 0.5) is 0 Å². The second kappa shape index (κ2) is 5.76. The van der Waals surface area contributed by atoms with Crippen LogP contribution in [0.15, 0.2) is 50.4 Å². The molecule has 0 amide bonds. The Kier molecular flexibility index (Phi) is 4.14. The Hall–Kier alpha value is -0.820. The minimum atomic E-state index is -3.64. The van der Waals surface area contributed by atoms with Gasteiger partial charge < -0.3 is 4.42 Å². The number of benzene rings is 1. The van der Waals surface area contributed by atoms with Gasteiger partial charge in [-0.1, -0.05) is 27.5 Å². The third-order valence-electron chi connectivity index (χ3n) is 3.33. The van der Waals surface area contributed by atoms with Crippen molar-refractivity contribution in [1.29, 1.82) is 0 Å². The average Bonchev–Trinajstić information content (AvgIpc) is 3.11. The van der Waals surface area contributed by atoms with E-state index < -0.39 is 10.0 Å². The predicted molar refractivity (Wildman–Crippen MR) is 83.6 cm³/mol. The zero-order valence-electron chi connectivity index (χ0n) is 11.0. The third-order valence-corrected chi connectivity index (χ3v) is 6.20. The first-order valence-corrected chi connectivity index (χ1v) is 9.09. The molecular weight excluding hydrogens is 378 g/mol. The summed E-state index contributed by atoms with van der Waals surface area (Å²) in [6, 6.07) is 8.34. The number of rotatable bonds is 5. The highest BCUT2D eigenvalue weighted by molar-refractivity contribution is 9.10. The van der Waals surface area contributed by atoms with Gasteiger partial charge in [0.05, 0.1) is 17.8 Å². The summed E-state index contributed by atoms with van der Waals surface area (Å²) in [5, 5.41) is 0.217. The zero-order chi connectivity index (χ0) is 15.0. The highest BCUT2D eigenvalue weighted by Crippen LogP contribution is 2.36. The number of hydrogen-bond donors (Lipinski definition) is 0. The van der Waals surface area contributed by atoms with E-state index in [2.05, 4.69) is 15.9 Å². The summed E-state index contributed by atoms with van der Waals surface area (Å²) in [5.41, 5.74) is 0. The smallest absolute Gasteiger partial charge is 0.245 e.